The molecule has 0 atom stereocenters. The normalized spacial score (nSPS) is 17.5. The molecule has 2 aliphatic rings. The lowest BCUT2D eigenvalue weighted by atomic mass is 10.2. The number of rotatable bonds is 0. The molecule has 0 unspecified atom stereocenters. The van der Waals surface area contributed by atoms with Crippen LogP contribution in [0, 0.1) is 6.92 Å². The zero-order chi connectivity index (χ0) is 17.7. The van der Waals surface area contributed by atoms with Gasteiger partial charge in [0.15, 0.2) is 0 Å². The molecule has 0 spiro atoms. The van der Waals surface area contributed by atoms with E-state index in [1.54, 1.807) is 11.3 Å². The number of likely N-dealkylation sites (N-methyl/N-ethyl adjacent to an activating group) is 1. The fraction of sp³-hybridized carbons (Fsp3) is 0.353. The largest absolute Gasteiger partial charge is 0.353 e. The van der Waals surface area contributed by atoms with Crippen LogP contribution in [-0.2, 0) is 0 Å². The van der Waals surface area contributed by atoms with Gasteiger partial charge in [0.2, 0.25) is 0 Å². The summed E-state index contributed by atoms with van der Waals surface area (Å²) in [4.78, 5) is 11.1. The summed E-state index contributed by atoms with van der Waals surface area (Å²) in [5.41, 5.74) is 3.15. The Morgan fingerprint density at radius 3 is 2.48 bits per heavy atom. The Morgan fingerprint density at radius 2 is 1.76 bits per heavy atom. The van der Waals surface area contributed by atoms with Crippen molar-refractivity contribution in [1.29, 1.82) is 0 Å². The zero-order valence-corrected chi connectivity index (χ0v) is 19.4. The van der Waals surface area contributed by atoms with Gasteiger partial charge in [0.1, 0.15) is 10.8 Å². The van der Waals surface area contributed by atoms with E-state index >= 15 is 0 Å². The van der Waals surface area contributed by atoms with Crippen LogP contribution in [0.5, 0.6) is 0 Å². The molecule has 1 N–H and O–H groups in total. The van der Waals surface area contributed by atoms with Gasteiger partial charge >= 0.3 is 0 Å². The highest BCUT2D eigenvalue weighted by Gasteiger charge is 2.28. The Kier molecular flexibility index (Phi) is 5.00. The maximum Gasteiger partial charge on any atom is 0.140 e. The molecule has 2 aliphatic heterocycles. The molecule has 25 heavy (non-hydrogen) atoms. The third-order valence-corrected chi connectivity index (χ3v) is 8.67. The molecule has 4 rings (SSSR count). The molecular formula is C17H17Br3N4S. The van der Waals surface area contributed by atoms with E-state index in [2.05, 4.69) is 89.0 Å². The summed E-state index contributed by atoms with van der Waals surface area (Å²) < 4.78 is 3.17. The van der Waals surface area contributed by atoms with Crippen molar-refractivity contribution in [2.75, 3.05) is 38.5 Å². The van der Waals surface area contributed by atoms with Crippen LogP contribution in [-0.4, -0.2) is 48.9 Å². The SMILES string of the molecule is Cc1sc2c(c1Br)C(N1CCN(C)CC1)=Nc1cc(Br)c(Br)cc1N2. The summed E-state index contributed by atoms with van der Waals surface area (Å²) in [6.07, 6.45) is 0. The number of amidine groups is 1. The average molecular weight is 549 g/mol. The quantitative estimate of drug-likeness (QED) is 0.456. The minimum atomic E-state index is 0.956. The maximum atomic E-state index is 5.09. The van der Waals surface area contributed by atoms with Crippen LogP contribution < -0.4 is 5.32 Å². The minimum absolute atomic E-state index is 0.956. The summed E-state index contributed by atoms with van der Waals surface area (Å²) >= 11 is 12.8. The van der Waals surface area contributed by atoms with E-state index in [9.17, 15) is 0 Å². The summed E-state index contributed by atoms with van der Waals surface area (Å²) in [5, 5.41) is 4.74. The number of piperazine rings is 1. The van der Waals surface area contributed by atoms with Gasteiger partial charge in [-0.1, -0.05) is 0 Å². The number of nitrogens with one attached hydrogen (secondary N) is 1. The number of aryl methyl sites for hydroxylation is 1. The lowest BCUT2D eigenvalue weighted by molar-refractivity contribution is 0.216. The highest BCUT2D eigenvalue weighted by atomic mass is 79.9. The van der Waals surface area contributed by atoms with Crippen molar-refractivity contribution in [2.45, 2.75) is 6.92 Å². The number of anilines is 2. The van der Waals surface area contributed by atoms with Crippen molar-refractivity contribution in [3.8, 4) is 0 Å². The smallest absolute Gasteiger partial charge is 0.140 e. The van der Waals surface area contributed by atoms with Crippen LogP contribution in [0.15, 0.2) is 30.5 Å². The number of aliphatic imine (C=N–C) groups is 1. The maximum absolute atomic E-state index is 5.09. The zero-order valence-electron chi connectivity index (χ0n) is 13.9. The van der Waals surface area contributed by atoms with Gasteiger partial charge < -0.3 is 15.1 Å². The third kappa shape index (κ3) is 3.32. The monoisotopic (exact) mass is 546 g/mol. The standard InChI is InChI=1S/C17H17Br3N4S/c1-9-15(20)14-16(24-5-3-23(2)4-6-24)21-12-7-10(18)11(19)8-13(12)22-17(14)25-9/h7-8,22H,3-6H2,1-2H3. The van der Waals surface area contributed by atoms with Gasteiger partial charge in [-0.2, -0.15) is 0 Å². The van der Waals surface area contributed by atoms with Crippen molar-refractivity contribution < 1.29 is 0 Å². The second-order valence-electron chi connectivity index (χ2n) is 6.31. The summed E-state index contributed by atoms with van der Waals surface area (Å²) in [6.45, 7) is 6.23. The third-order valence-electron chi connectivity index (χ3n) is 4.55. The van der Waals surface area contributed by atoms with Crippen molar-refractivity contribution >= 4 is 81.3 Å². The molecule has 0 aliphatic carbocycles. The molecule has 1 saturated heterocycles. The van der Waals surface area contributed by atoms with E-state index in [0.717, 1.165) is 61.8 Å². The minimum Gasteiger partial charge on any atom is -0.353 e. The summed E-state index contributed by atoms with van der Waals surface area (Å²) in [5.74, 6) is 1.06. The van der Waals surface area contributed by atoms with Crippen molar-refractivity contribution in [2.24, 2.45) is 4.99 Å². The molecule has 0 radical (unpaired) electrons. The molecular weight excluding hydrogens is 532 g/mol. The van der Waals surface area contributed by atoms with E-state index in [4.69, 9.17) is 4.99 Å². The van der Waals surface area contributed by atoms with Gasteiger partial charge in [0.05, 0.1) is 16.9 Å². The van der Waals surface area contributed by atoms with Crippen molar-refractivity contribution in [3.63, 3.8) is 0 Å². The van der Waals surface area contributed by atoms with Crippen LogP contribution in [0.3, 0.4) is 0 Å². The average Bonchev–Trinajstić information content (AvgIpc) is 2.75. The molecule has 3 heterocycles. The van der Waals surface area contributed by atoms with E-state index < -0.39 is 0 Å². The predicted octanol–water partition coefficient (Wildman–Crippen LogP) is 5.73. The van der Waals surface area contributed by atoms with Crippen molar-refractivity contribution in [1.82, 2.24) is 9.80 Å². The summed E-state index contributed by atoms with van der Waals surface area (Å²) in [7, 11) is 2.17. The van der Waals surface area contributed by atoms with Crippen LogP contribution in [0.25, 0.3) is 0 Å². The molecule has 0 saturated carbocycles. The van der Waals surface area contributed by atoms with Crippen LogP contribution in [0.2, 0.25) is 0 Å². The molecule has 0 bridgehead atoms. The van der Waals surface area contributed by atoms with Gasteiger partial charge in [-0.05, 0) is 73.9 Å². The number of hydrogen-bond acceptors (Lipinski definition) is 5. The Balaban J connectivity index is 1.88. The topological polar surface area (TPSA) is 30.9 Å². The van der Waals surface area contributed by atoms with Crippen LogP contribution in [0.4, 0.5) is 16.4 Å². The van der Waals surface area contributed by atoms with Crippen LogP contribution in [0.1, 0.15) is 10.4 Å². The summed E-state index contributed by atoms with van der Waals surface area (Å²) in [6, 6.07) is 4.16. The molecule has 0 amide bonds. The van der Waals surface area contributed by atoms with Gasteiger partial charge in [-0.3, -0.25) is 0 Å². The molecule has 2 aromatic rings. The van der Waals surface area contributed by atoms with E-state index in [0.29, 0.717) is 0 Å². The number of hydrogen-bond donors (Lipinski definition) is 1. The number of thiophene rings is 1. The van der Waals surface area contributed by atoms with Crippen LogP contribution >= 0.6 is 59.1 Å². The van der Waals surface area contributed by atoms with E-state index in [1.165, 1.54) is 10.4 Å². The Morgan fingerprint density at radius 1 is 1.08 bits per heavy atom. The molecule has 4 nitrogen and oxygen atoms in total. The van der Waals surface area contributed by atoms with Gasteiger partial charge in [-0.25, -0.2) is 4.99 Å². The first-order chi connectivity index (χ1) is 11.9. The Labute approximate surface area is 176 Å². The molecule has 1 aromatic carbocycles. The van der Waals surface area contributed by atoms with Crippen molar-refractivity contribution in [3.05, 3.63) is 36.0 Å². The first-order valence-electron chi connectivity index (χ1n) is 8.01. The second kappa shape index (κ2) is 6.96. The molecule has 8 heteroatoms. The predicted molar refractivity (Wildman–Crippen MR) is 117 cm³/mol. The number of fused-ring (bicyclic) bond motifs is 2. The fourth-order valence-electron chi connectivity index (χ4n) is 3.08. The molecule has 132 valence electrons. The first kappa shape index (κ1) is 18.0. The second-order valence-corrected chi connectivity index (χ2v) is 10.0. The van der Waals surface area contributed by atoms with E-state index in [1.807, 2.05) is 0 Å². The highest BCUT2D eigenvalue weighted by Crippen LogP contribution is 2.45. The number of nitrogens with zero attached hydrogens (tertiary/aromatic N) is 3. The van der Waals surface area contributed by atoms with E-state index in [-0.39, 0.29) is 0 Å². The Hall–Kier alpha value is -0.410. The van der Waals surface area contributed by atoms with Gasteiger partial charge in [0.25, 0.3) is 0 Å². The first-order valence-corrected chi connectivity index (χ1v) is 11.2. The molecule has 1 fully saturated rings. The highest BCUT2D eigenvalue weighted by molar-refractivity contribution is 9.13. The number of benzene rings is 1. The molecule has 1 aromatic heterocycles. The fourth-order valence-corrected chi connectivity index (χ4v) is 5.46. The Bertz CT molecular complexity index is 869. The van der Waals surface area contributed by atoms with Gasteiger partial charge in [0, 0.05) is 44.5 Å². The number of halogens is 3. The lowest BCUT2D eigenvalue weighted by Crippen LogP contribution is -2.47. The van der Waals surface area contributed by atoms with Gasteiger partial charge in [-0.15, -0.1) is 11.3 Å². The lowest BCUT2D eigenvalue weighted by Gasteiger charge is -2.34.